The minimum Gasteiger partial charge on any atom is -0.481 e. The topological polar surface area (TPSA) is 102 Å². The summed E-state index contributed by atoms with van der Waals surface area (Å²) in [4.78, 5) is 22.3. The minimum atomic E-state index is -0.919. The predicted octanol–water partition coefficient (Wildman–Crippen LogP) is -0.567. The monoisotopic (exact) mass is 232 g/mol. The number of hydrogen-bond donors (Lipinski definition) is 3. The van der Waals surface area contributed by atoms with E-state index >= 15 is 0 Å². The number of hydrogen-bond acceptors (Lipinski definition) is 4. The van der Waals surface area contributed by atoms with Gasteiger partial charge in [-0.3, -0.25) is 9.59 Å². The third-order valence-corrected chi connectivity index (χ3v) is 2.41. The van der Waals surface area contributed by atoms with E-state index in [4.69, 9.17) is 15.6 Å². The van der Waals surface area contributed by atoms with Crippen molar-refractivity contribution in [1.29, 1.82) is 0 Å². The summed E-state index contributed by atoms with van der Waals surface area (Å²) in [5, 5.41) is 11.4. The van der Waals surface area contributed by atoms with Gasteiger partial charge in [0, 0.05) is 20.2 Å². The van der Waals surface area contributed by atoms with Crippen LogP contribution in [0.4, 0.5) is 0 Å². The molecule has 0 aromatic heterocycles. The second kappa shape index (κ2) is 7.19. The van der Waals surface area contributed by atoms with Gasteiger partial charge in [0.25, 0.3) is 0 Å². The van der Waals surface area contributed by atoms with Crippen LogP contribution in [0.3, 0.4) is 0 Å². The molecule has 0 heterocycles. The SMILES string of the molecule is COC(CN)C(=O)NCC(C(=O)O)C(C)C. The van der Waals surface area contributed by atoms with Crippen LogP contribution in [0, 0.1) is 11.8 Å². The van der Waals surface area contributed by atoms with Crippen LogP contribution in [0.25, 0.3) is 0 Å². The molecule has 2 atom stereocenters. The molecule has 94 valence electrons. The fraction of sp³-hybridized carbons (Fsp3) is 0.800. The van der Waals surface area contributed by atoms with E-state index in [1.165, 1.54) is 7.11 Å². The first-order valence-corrected chi connectivity index (χ1v) is 5.17. The second-order valence-electron chi connectivity index (χ2n) is 3.89. The molecular weight excluding hydrogens is 212 g/mol. The summed E-state index contributed by atoms with van der Waals surface area (Å²) < 4.78 is 4.83. The number of carboxylic acid groups (broad SMARTS) is 1. The molecule has 6 heteroatoms. The molecule has 1 amide bonds. The molecule has 0 fully saturated rings. The highest BCUT2D eigenvalue weighted by atomic mass is 16.5. The molecule has 2 unspecified atom stereocenters. The van der Waals surface area contributed by atoms with Gasteiger partial charge < -0.3 is 20.9 Å². The zero-order chi connectivity index (χ0) is 12.7. The molecule has 0 bridgehead atoms. The molecule has 0 aromatic carbocycles. The maximum Gasteiger partial charge on any atom is 0.308 e. The lowest BCUT2D eigenvalue weighted by atomic mass is 9.96. The number of rotatable bonds is 7. The first-order chi connectivity index (χ1) is 7.43. The van der Waals surface area contributed by atoms with Crippen molar-refractivity contribution in [2.75, 3.05) is 20.2 Å². The fourth-order valence-corrected chi connectivity index (χ4v) is 1.24. The van der Waals surface area contributed by atoms with Crippen molar-refractivity contribution in [3.05, 3.63) is 0 Å². The Morgan fingerprint density at radius 3 is 2.31 bits per heavy atom. The van der Waals surface area contributed by atoms with Crippen molar-refractivity contribution in [1.82, 2.24) is 5.32 Å². The van der Waals surface area contributed by atoms with E-state index in [-0.39, 0.29) is 24.9 Å². The molecule has 0 aliphatic rings. The normalized spacial score (nSPS) is 14.6. The lowest BCUT2D eigenvalue weighted by Gasteiger charge is -2.18. The third kappa shape index (κ3) is 4.59. The molecule has 0 aliphatic heterocycles. The number of carboxylic acids is 1. The van der Waals surface area contributed by atoms with E-state index in [1.807, 2.05) is 0 Å². The largest absolute Gasteiger partial charge is 0.481 e. The number of nitrogens with two attached hydrogens (primary N) is 1. The fourth-order valence-electron chi connectivity index (χ4n) is 1.24. The molecule has 0 saturated carbocycles. The van der Waals surface area contributed by atoms with Crippen LogP contribution in [0.1, 0.15) is 13.8 Å². The molecule has 0 aromatic rings. The van der Waals surface area contributed by atoms with E-state index in [9.17, 15) is 9.59 Å². The Morgan fingerprint density at radius 2 is 2.00 bits per heavy atom. The zero-order valence-corrected chi connectivity index (χ0v) is 9.90. The molecule has 0 rings (SSSR count). The van der Waals surface area contributed by atoms with Crippen LogP contribution >= 0.6 is 0 Å². The first-order valence-electron chi connectivity index (χ1n) is 5.17. The van der Waals surface area contributed by atoms with Gasteiger partial charge in [0.05, 0.1) is 5.92 Å². The van der Waals surface area contributed by atoms with Crippen molar-refractivity contribution in [2.45, 2.75) is 20.0 Å². The Hall–Kier alpha value is -1.14. The highest BCUT2D eigenvalue weighted by molar-refractivity contribution is 5.81. The Bertz CT molecular complexity index is 239. The van der Waals surface area contributed by atoms with E-state index in [0.29, 0.717) is 0 Å². The van der Waals surface area contributed by atoms with Crippen molar-refractivity contribution in [3.8, 4) is 0 Å². The van der Waals surface area contributed by atoms with Gasteiger partial charge in [0.15, 0.2) is 0 Å². The van der Waals surface area contributed by atoms with Crippen molar-refractivity contribution in [2.24, 2.45) is 17.6 Å². The van der Waals surface area contributed by atoms with Gasteiger partial charge in [-0.2, -0.15) is 0 Å². The van der Waals surface area contributed by atoms with Gasteiger partial charge in [-0.1, -0.05) is 13.8 Å². The maximum absolute atomic E-state index is 11.4. The Labute approximate surface area is 95.1 Å². The minimum absolute atomic E-state index is 0.0447. The van der Waals surface area contributed by atoms with Crippen molar-refractivity contribution in [3.63, 3.8) is 0 Å². The lowest BCUT2D eigenvalue weighted by Crippen LogP contribution is -2.44. The van der Waals surface area contributed by atoms with Gasteiger partial charge in [-0.25, -0.2) is 0 Å². The average molecular weight is 232 g/mol. The van der Waals surface area contributed by atoms with Crippen LogP contribution in [0.5, 0.6) is 0 Å². The number of carbonyl (C=O) groups is 2. The van der Waals surface area contributed by atoms with Crippen LogP contribution in [-0.2, 0) is 14.3 Å². The Balaban J connectivity index is 4.20. The van der Waals surface area contributed by atoms with Crippen molar-refractivity contribution >= 4 is 11.9 Å². The van der Waals surface area contributed by atoms with Gasteiger partial charge >= 0.3 is 5.97 Å². The van der Waals surface area contributed by atoms with Crippen LogP contribution in [-0.4, -0.2) is 43.3 Å². The number of ether oxygens (including phenoxy) is 1. The van der Waals surface area contributed by atoms with E-state index in [2.05, 4.69) is 5.32 Å². The summed E-state index contributed by atoms with van der Waals surface area (Å²) in [6.07, 6.45) is -0.721. The highest BCUT2D eigenvalue weighted by Gasteiger charge is 2.23. The quantitative estimate of drug-likeness (QED) is 0.546. The number of nitrogens with one attached hydrogen (secondary N) is 1. The smallest absolute Gasteiger partial charge is 0.308 e. The number of methoxy groups -OCH3 is 1. The summed E-state index contributed by atoms with van der Waals surface area (Å²) in [5.74, 6) is -1.94. The zero-order valence-electron chi connectivity index (χ0n) is 9.90. The van der Waals surface area contributed by atoms with Gasteiger partial charge in [-0.15, -0.1) is 0 Å². The van der Waals surface area contributed by atoms with Gasteiger partial charge in [0.2, 0.25) is 5.91 Å². The molecule has 0 aliphatic carbocycles. The second-order valence-corrected chi connectivity index (χ2v) is 3.89. The van der Waals surface area contributed by atoms with E-state index < -0.39 is 18.0 Å². The average Bonchev–Trinajstić information content (AvgIpc) is 2.18. The molecule has 0 saturated heterocycles. The lowest BCUT2D eigenvalue weighted by molar-refractivity contribution is -0.143. The molecular formula is C10H20N2O4. The molecule has 0 radical (unpaired) electrons. The molecule has 0 spiro atoms. The number of amides is 1. The van der Waals surface area contributed by atoms with E-state index in [1.54, 1.807) is 13.8 Å². The van der Waals surface area contributed by atoms with Crippen LogP contribution in [0.15, 0.2) is 0 Å². The van der Waals surface area contributed by atoms with Gasteiger partial charge in [-0.05, 0) is 5.92 Å². The van der Waals surface area contributed by atoms with E-state index in [0.717, 1.165) is 0 Å². The summed E-state index contributed by atoms with van der Waals surface area (Å²) in [5.41, 5.74) is 5.31. The Morgan fingerprint density at radius 1 is 1.44 bits per heavy atom. The van der Waals surface area contributed by atoms with Crippen LogP contribution in [0.2, 0.25) is 0 Å². The van der Waals surface area contributed by atoms with Crippen LogP contribution < -0.4 is 11.1 Å². The molecule has 16 heavy (non-hydrogen) atoms. The summed E-state index contributed by atoms with van der Waals surface area (Å²) in [7, 11) is 1.38. The standard InChI is InChI=1S/C10H20N2O4/c1-6(2)7(10(14)15)5-12-9(13)8(4-11)16-3/h6-8H,4-5,11H2,1-3H3,(H,12,13)(H,14,15). The first kappa shape index (κ1) is 14.9. The summed E-state index contributed by atoms with van der Waals surface area (Å²) >= 11 is 0. The molecule has 6 nitrogen and oxygen atoms in total. The number of aliphatic carboxylic acids is 1. The van der Waals surface area contributed by atoms with Gasteiger partial charge in [0.1, 0.15) is 6.10 Å². The maximum atomic E-state index is 11.4. The highest BCUT2D eigenvalue weighted by Crippen LogP contribution is 2.09. The summed E-state index contributed by atoms with van der Waals surface area (Å²) in [6, 6.07) is 0. The Kier molecular flexibility index (Phi) is 6.67. The third-order valence-electron chi connectivity index (χ3n) is 2.41. The summed E-state index contributed by atoms with van der Waals surface area (Å²) in [6.45, 7) is 3.75. The number of carbonyl (C=O) groups excluding carboxylic acids is 1. The predicted molar refractivity (Wildman–Crippen MR) is 58.8 cm³/mol. The molecule has 4 N–H and O–H groups in total. The van der Waals surface area contributed by atoms with Crippen molar-refractivity contribution < 1.29 is 19.4 Å².